The zero-order chi connectivity index (χ0) is 15.5. The first-order valence-corrected chi connectivity index (χ1v) is 8.27. The fraction of sp³-hybridized carbons (Fsp3) is 0.333. The van der Waals surface area contributed by atoms with Gasteiger partial charge in [0.2, 0.25) is 0 Å². The summed E-state index contributed by atoms with van der Waals surface area (Å²) in [5.74, 6) is 0.304. The number of halogens is 1. The first-order valence-electron chi connectivity index (χ1n) is 6.66. The summed E-state index contributed by atoms with van der Waals surface area (Å²) in [5.41, 5.74) is 6.76. The van der Waals surface area contributed by atoms with Crippen LogP contribution in [0.25, 0.3) is 10.8 Å². The topological polar surface area (TPSA) is 89.6 Å². The van der Waals surface area contributed by atoms with Crippen molar-refractivity contribution in [1.82, 2.24) is 0 Å². The second-order valence-corrected chi connectivity index (χ2v) is 6.51. The van der Waals surface area contributed by atoms with Crippen molar-refractivity contribution in [3.8, 4) is 5.75 Å². The van der Waals surface area contributed by atoms with Crippen LogP contribution < -0.4 is 10.5 Å². The molecule has 0 spiro atoms. The summed E-state index contributed by atoms with van der Waals surface area (Å²) < 4.78 is 36.0. The summed E-state index contributed by atoms with van der Waals surface area (Å²) in [6.07, 6.45) is 0.283. The van der Waals surface area contributed by atoms with Crippen LogP contribution >= 0.6 is 12.4 Å². The summed E-state index contributed by atoms with van der Waals surface area (Å²) in [5, 5.41) is 2.03. The molecule has 0 heterocycles. The van der Waals surface area contributed by atoms with Crippen molar-refractivity contribution in [3.63, 3.8) is 0 Å². The molecule has 0 saturated carbocycles. The quantitative estimate of drug-likeness (QED) is 0.785. The average molecular weight is 346 g/mol. The van der Waals surface area contributed by atoms with Gasteiger partial charge in [0.05, 0.1) is 12.9 Å². The highest BCUT2D eigenvalue weighted by molar-refractivity contribution is 7.85. The Hall–Kier alpha value is -1.34. The van der Waals surface area contributed by atoms with Crippen LogP contribution in [0.5, 0.6) is 5.75 Å². The molecule has 0 radical (unpaired) electrons. The Kier molecular flexibility index (Phi) is 6.62. The molecule has 122 valence electrons. The molecule has 2 rings (SSSR count). The smallest absolute Gasteiger partial charge is 0.264 e. The third kappa shape index (κ3) is 4.58. The molecule has 0 aliphatic rings. The Labute approximate surface area is 136 Å². The van der Waals surface area contributed by atoms with Gasteiger partial charge in [-0.05, 0) is 47.4 Å². The van der Waals surface area contributed by atoms with E-state index in [1.54, 1.807) is 7.11 Å². The Morgan fingerprint density at radius 2 is 2.00 bits per heavy atom. The second kappa shape index (κ2) is 7.78. The van der Waals surface area contributed by atoms with Gasteiger partial charge in [-0.1, -0.05) is 24.3 Å². The van der Waals surface area contributed by atoms with E-state index in [1.807, 2.05) is 36.4 Å². The van der Waals surface area contributed by atoms with Crippen molar-refractivity contribution in [3.05, 3.63) is 42.0 Å². The van der Waals surface area contributed by atoms with E-state index in [1.165, 1.54) is 0 Å². The zero-order valence-electron chi connectivity index (χ0n) is 12.2. The Morgan fingerprint density at radius 3 is 2.59 bits per heavy atom. The molecule has 1 atom stereocenters. The van der Waals surface area contributed by atoms with Gasteiger partial charge in [0.25, 0.3) is 10.1 Å². The third-order valence-electron chi connectivity index (χ3n) is 3.57. The molecule has 22 heavy (non-hydrogen) atoms. The molecule has 0 aliphatic heterocycles. The third-order valence-corrected chi connectivity index (χ3v) is 4.32. The number of ether oxygens (including phenoxy) is 1. The fourth-order valence-electron chi connectivity index (χ4n) is 2.45. The van der Waals surface area contributed by atoms with E-state index in [4.69, 9.17) is 15.0 Å². The standard InChI is InChI=1S/C15H19NO4S.ClH/c1-20-13-6-5-11-3-2-4-14(15(11)9-13)12(10-16)7-8-21(17,18)19;/h2-6,9,12H,7-8,10,16H2,1H3,(H,17,18,19);1H. The van der Waals surface area contributed by atoms with Crippen molar-refractivity contribution in [2.75, 3.05) is 19.4 Å². The molecular formula is C15H20ClNO4S. The molecular weight excluding hydrogens is 326 g/mol. The van der Waals surface area contributed by atoms with Gasteiger partial charge in [0, 0.05) is 0 Å². The van der Waals surface area contributed by atoms with Crippen molar-refractivity contribution in [2.24, 2.45) is 5.73 Å². The van der Waals surface area contributed by atoms with Gasteiger partial charge in [-0.25, -0.2) is 0 Å². The van der Waals surface area contributed by atoms with Crippen molar-refractivity contribution >= 4 is 33.3 Å². The summed E-state index contributed by atoms with van der Waals surface area (Å²) >= 11 is 0. The monoisotopic (exact) mass is 345 g/mol. The number of nitrogens with two attached hydrogens (primary N) is 1. The molecule has 3 N–H and O–H groups in total. The number of rotatable bonds is 6. The summed E-state index contributed by atoms with van der Waals surface area (Å²) in [4.78, 5) is 0. The molecule has 1 unspecified atom stereocenters. The van der Waals surface area contributed by atoms with E-state index in [0.29, 0.717) is 6.54 Å². The van der Waals surface area contributed by atoms with Crippen LogP contribution in [-0.4, -0.2) is 32.4 Å². The molecule has 0 aromatic heterocycles. The molecule has 0 saturated heterocycles. The summed E-state index contributed by atoms with van der Waals surface area (Å²) in [7, 11) is -2.38. The van der Waals surface area contributed by atoms with Crippen molar-refractivity contribution in [2.45, 2.75) is 12.3 Å². The lowest BCUT2D eigenvalue weighted by Gasteiger charge is -2.17. The minimum absolute atomic E-state index is 0. The highest BCUT2D eigenvalue weighted by Gasteiger charge is 2.16. The molecule has 0 amide bonds. The van der Waals surface area contributed by atoms with E-state index in [-0.39, 0.29) is 30.5 Å². The summed E-state index contributed by atoms with van der Waals surface area (Å²) in [6.45, 7) is 0.311. The number of methoxy groups -OCH3 is 1. The lowest BCUT2D eigenvalue weighted by molar-refractivity contribution is 0.415. The number of hydrogen-bond donors (Lipinski definition) is 2. The molecule has 7 heteroatoms. The maximum Gasteiger partial charge on any atom is 0.264 e. The van der Waals surface area contributed by atoms with E-state index in [9.17, 15) is 8.42 Å². The number of fused-ring (bicyclic) bond motifs is 1. The van der Waals surface area contributed by atoms with Gasteiger partial charge in [-0.3, -0.25) is 4.55 Å². The minimum atomic E-state index is -3.98. The maximum absolute atomic E-state index is 10.9. The highest BCUT2D eigenvalue weighted by Crippen LogP contribution is 2.30. The van der Waals surface area contributed by atoms with E-state index < -0.39 is 10.1 Å². The van der Waals surface area contributed by atoms with Gasteiger partial charge < -0.3 is 10.5 Å². The Morgan fingerprint density at radius 1 is 1.27 bits per heavy atom. The van der Waals surface area contributed by atoms with Gasteiger partial charge in [-0.2, -0.15) is 8.42 Å². The fourth-order valence-corrected chi connectivity index (χ4v) is 3.03. The van der Waals surface area contributed by atoms with Gasteiger partial charge in [0.1, 0.15) is 5.75 Å². The van der Waals surface area contributed by atoms with Crippen LogP contribution in [0.4, 0.5) is 0 Å². The van der Waals surface area contributed by atoms with Crippen LogP contribution in [-0.2, 0) is 10.1 Å². The predicted molar refractivity (Wildman–Crippen MR) is 90.6 cm³/mol. The van der Waals surface area contributed by atoms with Crippen LogP contribution in [0.1, 0.15) is 17.9 Å². The summed E-state index contributed by atoms with van der Waals surface area (Å²) in [6, 6.07) is 11.6. The maximum atomic E-state index is 10.9. The molecule has 2 aromatic rings. The van der Waals surface area contributed by atoms with Crippen molar-refractivity contribution in [1.29, 1.82) is 0 Å². The normalized spacial score (nSPS) is 12.7. The highest BCUT2D eigenvalue weighted by atomic mass is 35.5. The van der Waals surface area contributed by atoms with Crippen LogP contribution in [0.15, 0.2) is 36.4 Å². The van der Waals surface area contributed by atoms with Crippen LogP contribution in [0.3, 0.4) is 0 Å². The first kappa shape index (κ1) is 18.7. The average Bonchev–Trinajstić information content (AvgIpc) is 2.46. The molecule has 2 aromatic carbocycles. The molecule has 5 nitrogen and oxygen atoms in total. The van der Waals surface area contributed by atoms with E-state index >= 15 is 0 Å². The SMILES string of the molecule is COc1ccc2cccc(C(CN)CCS(=O)(=O)O)c2c1.Cl. The van der Waals surface area contributed by atoms with E-state index in [2.05, 4.69) is 0 Å². The lowest BCUT2D eigenvalue weighted by atomic mass is 9.91. The second-order valence-electron chi connectivity index (χ2n) is 4.94. The van der Waals surface area contributed by atoms with Gasteiger partial charge in [-0.15, -0.1) is 12.4 Å². The number of benzene rings is 2. The van der Waals surface area contributed by atoms with E-state index in [0.717, 1.165) is 22.1 Å². The Balaban J connectivity index is 0.00000242. The minimum Gasteiger partial charge on any atom is -0.497 e. The molecule has 0 aliphatic carbocycles. The Bertz CT molecular complexity index is 733. The largest absolute Gasteiger partial charge is 0.497 e. The lowest BCUT2D eigenvalue weighted by Crippen LogP contribution is -2.17. The zero-order valence-corrected chi connectivity index (χ0v) is 13.9. The molecule has 0 fully saturated rings. The van der Waals surface area contributed by atoms with Crippen molar-refractivity contribution < 1.29 is 17.7 Å². The number of hydrogen-bond acceptors (Lipinski definition) is 4. The van der Waals surface area contributed by atoms with Gasteiger partial charge >= 0.3 is 0 Å². The van der Waals surface area contributed by atoms with Gasteiger partial charge in [0.15, 0.2) is 0 Å². The first-order chi connectivity index (χ1) is 9.94. The predicted octanol–water partition coefficient (Wildman–Crippen LogP) is 2.59. The molecule has 0 bridgehead atoms. The van der Waals surface area contributed by atoms with Crippen LogP contribution in [0, 0.1) is 0 Å². The van der Waals surface area contributed by atoms with Crippen LogP contribution in [0.2, 0.25) is 0 Å².